The first-order valence-corrected chi connectivity index (χ1v) is 6.97. The summed E-state index contributed by atoms with van der Waals surface area (Å²) in [6, 6.07) is 0. The van der Waals surface area contributed by atoms with E-state index in [0.717, 1.165) is 6.42 Å². The van der Waals surface area contributed by atoms with E-state index in [1.54, 1.807) is 6.92 Å². The molecule has 0 unspecified atom stereocenters. The van der Waals surface area contributed by atoms with E-state index in [9.17, 15) is 14.7 Å². The number of carbonyl (C=O) groups excluding carboxylic acids is 2. The van der Waals surface area contributed by atoms with Gasteiger partial charge in [0.2, 0.25) is 0 Å². The van der Waals surface area contributed by atoms with E-state index >= 15 is 0 Å². The number of rotatable bonds is 1. The first kappa shape index (κ1) is 13.7. The second-order valence-corrected chi connectivity index (χ2v) is 7.01. The zero-order chi connectivity index (χ0) is 13.7. The van der Waals surface area contributed by atoms with Gasteiger partial charge in [-0.05, 0) is 31.1 Å². The Kier molecular flexibility index (Phi) is 3.17. The summed E-state index contributed by atoms with van der Waals surface area (Å²) in [5, 5.41) is 10.5. The van der Waals surface area contributed by atoms with Crippen molar-refractivity contribution < 1.29 is 14.7 Å². The van der Waals surface area contributed by atoms with Gasteiger partial charge in [-0.15, -0.1) is 0 Å². The largest absolute Gasteiger partial charge is 0.382 e. The van der Waals surface area contributed by atoms with E-state index in [2.05, 4.69) is 6.92 Å². The fraction of sp³-hybridized carbons (Fsp3) is 0.867. The molecule has 0 amide bonds. The number of hydrogen-bond acceptors (Lipinski definition) is 3. The summed E-state index contributed by atoms with van der Waals surface area (Å²) in [6.07, 6.45) is 2.32. The van der Waals surface area contributed by atoms with Crippen LogP contribution in [0.5, 0.6) is 0 Å². The second-order valence-electron chi connectivity index (χ2n) is 7.01. The van der Waals surface area contributed by atoms with Gasteiger partial charge in [-0.3, -0.25) is 9.59 Å². The summed E-state index contributed by atoms with van der Waals surface area (Å²) in [4.78, 5) is 24.2. The Hall–Kier alpha value is -0.700. The minimum absolute atomic E-state index is 0.000417. The van der Waals surface area contributed by atoms with Gasteiger partial charge in [-0.2, -0.15) is 0 Å². The van der Waals surface area contributed by atoms with Gasteiger partial charge in [0.25, 0.3) is 0 Å². The van der Waals surface area contributed by atoms with E-state index in [1.807, 2.05) is 13.8 Å². The number of carbonyl (C=O) groups is 2. The van der Waals surface area contributed by atoms with Crippen LogP contribution < -0.4 is 0 Å². The van der Waals surface area contributed by atoms with Gasteiger partial charge in [0.1, 0.15) is 11.4 Å². The minimum atomic E-state index is -1.25. The molecule has 2 fully saturated rings. The molecule has 2 aliphatic carbocycles. The normalized spacial score (nSPS) is 45.2. The lowest BCUT2D eigenvalue weighted by Crippen LogP contribution is -2.58. The lowest BCUT2D eigenvalue weighted by Gasteiger charge is -2.53. The molecule has 0 saturated heterocycles. The number of fused-ring (bicyclic) bond motifs is 1. The monoisotopic (exact) mass is 252 g/mol. The summed E-state index contributed by atoms with van der Waals surface area (Å²) < 4.78 is 0. The van der Waals surface area contributed by atoms with Crippen LogP contribution in [0.2, 0.25) is 0 Å². The highest BCUT2D eigenvalue weighted by atomic mass is 16.3. The van der Waals surface area contributed by atoms with Crippen LogP contribution in [0.1, 0.15) is 53.4 Å². The van der Waals surface area contributed by atoms with E-state index in [4.69, 9.17) is 0 Å². The van der Waals surface area contributed by atoms with E-state index in [1.165, 1.54) is 0 Å². The van der Waals surface area contributed by atoms with Gasteiger partial charge in [0.05, 0.1) is 0 Å². The molecule has 0 bridgehead atoms. The highest BCUT2D eigenvalue weighted by Gasteiger charge is 2.56. The summed E-state index contributed by atoms with van der Waals surface area (Å²) in [7, 11) is 0. The maximum absolute atomic E-state index is 12.2. The minimum Gasteiger partial charge on any atom is -0.382 e. The van der Waals surface area contributed by atoms with Gasteiger partial charge in [-0.25, -0.2) is 0 Å². The van der Waals surface area contributed by atoms with Gasteiger partial charge < -0.3 is 5.11 Å². The molecule has 2 rings (SSSR count). The molecule has 102 valence electrons. The van der Waals surface area contributed by atoms with E-state index < -0.39 is 5.60 Å². The third kappa shape index (κ3) is 1.93. The standard InChI is InChI=1S/C15H24O3/c1-9(2)10-7-12-14(3,8-11(10)16)6-5-13(17)15(12,4)18/h9-10,12,18H,5-8H2,1-4H3/t10-,12-,14-,15-/m1/s1. The number of hydrogen-bond donors (Lipinski definition) is 1. The summed E-state index contributed by atoms with van der Waals surface area (Å²) in [6.45, 7) is 7.80. The smallest absolute Gasteiger partial charge is 0.164 e. The van der Waals surface area contributed by atoms with Crippen molar-refractivity contribution in [2.75, 3.05) is 0 Å². The van der Waals surface area contributed by atoms with Crippen LogP contribution in [0.4, 0.5) is 0 Å². The zero-order valence-electron chi connectivity index (χ0n) is 11.8. The van der Waals surface area contributed by atoms with Gasteiger partial charge >= 0.3 is 0 Å². The molecule has 0 aliphatic heterocycles. The van der Waals surface area contributed by atoms with Crippen molar-refractivity contribution in [2.24, 2.45) is 23.2 Å². The zero-order valence-corrected chi connectivity index (χ0v) is 11.8. The van der Waals surface area contributed by atoms with Crippen molar-refractivity contribution >= 4 is 11.6 Å². The van der Waals surface area contributed by atoms with Crippen molar-refractivity contribution in [1.29, 1.82) is 0 Å². The average molecular weight is 252 g/mol. The van der Waals surface area contributed by atoms with Crippen LogP contribution in [0.15, 0.2) is 0 Å². The van der Waals surface area contributed by atoms with Gasteiger partial charge in [0.15, 0.2) is 5.78 Å². The Labute approximate surface area is 109 Å². The van der Waals surface area contributed by atoms with Crippen LogP contribution in [0.25, 0.3) is 0 Å². The van der Waals surface area contributed by atoms with Crippen molar-refractivity contribution in [3.8, 4) is 0 Å². The molecular formula is C15H24O3. The molecule has 0 aromatic rings. The summed E-state index contributed by atoms with van der Waals surface area (Å²) in [5.41, 5.74) is -1.44. The fourth-order valence-electron chi connectivity index (χ4n) is 3.98. The maximum atomic E-state index is 12.2. The molecule has 0 aromatic carbocycles. The summed E-state index contributed by atoms with van der Waals surface area (Å²) >= 11 is 0. The molecule has 0 spiro atoms. The fourth-order valence-corrected chi connectivity index (χ4v) is 3.98. The first-order chi connectivity index (χ1) is 8.18. The van der Waals surface area contributed by atoms with Crippen LogP contribution in [-0.4, -0.2) is 22.3 Å². The molecule has 18 heavy (non-hydrogen) atoms. The van der Waals surface area contributed by atoms with Crippen LogP contribution in [0, 0.1) is 23.2 Å². The first-order valence-electron chi connectivity index (χ1n) is 6.97. The molecule has 2 aliphatic rings. The Morgan fingerprint density at radius 3 is 2.44 bits per heavy atom. The molecule has 2 saturated carbocycles. The van der Waals surface area contributed by atoms with Gasteiger partial charge in [-0.1, -0.05) is 20.8 Å². The lowest BCUT2D eigenvalue weighted by molar-refractivity contribution is -0.168. The lowest BCUT2D eigenvalue weighted by atomic mass is 9.52. The molecular weight excluding hydrogens is 228 g/mol. The molecule has 4 atom stereocenters. The van der Waals surface area contributed by atoms with Gasteiger partial charge in [0, 0.05) is 24.7 Å². The SMILES string of the molecule is CC(C)[C@H]1C[C@@H]2[C@](C)(CCC(=O)[C@]2(C)O)CC1=O. The van der Waals surface area contributed by atoms with Crippen LogP contribution in [0.3, 0.4) is 0 Å². The third-order valence-electron chi connectivity index (χ3n) is 5.29. The Morgan fingerprint density at radius 2 is 1.89 bits per heavy atom. The number of Topliss-reactive ketones (excluding diaryl/α,β-unsaturated/α-hetero) is 2. The Bertz CT molecular complexity index is 383. The van der Waals surface area contributed by atoms with Crippen molar-refractivity contribution in [3.63, 3.8) is 0 Å². The number of ketones is 2. The molecule has 0 aromatic heterocycles. The second kappa shape index (κ2) is 4.16. The average Bonchev–Trinajstić information content (AvgIpc) is 2.23. The topological polar surface area (TPSA) is 54.4 Å². The maximum Gasteiger partial charge on any atom is 0.164 e. The van der Waals surface area contributed by atoms with Crippen molar-refractivity contribution in [3.05, 3.63) is 0 Å². The third-order valence-corrected chi connectivity index (χ3v) is 5.29. The quantitative estimate of drug-likeness (QED) is 0.779. The highest BCUT2D eigenvalue weighted by molar-refractivity contribution is 5.90. The predicted molar refractivity (Wildman–Crippen MR) is 69.0 cm³/mol. The van der Waals surface area contributed by atoms with E-state index in [-0.39, 0.29) is 29.0 Å². The summed E-state index contributed by atoms with van der Waals surface area (Å²) in [5.74, 6) is 0.474. The highest BCUT2D eigenvalue weighted by Crippen LogP contribution is 2.54. The number of aliphatic hydroxyl groups is 1. The molecule has 0 heterocycles. The molecule has 0 radical (unpaired) electrons. The van der Waals surface area contributed by atoms with Crippen molar-refractivity contribution in [2.45, 2.75) is 59.0 Å². The Morgan fingerprint density at radius 1 is 1.28 bits per heavy atom. The molecule has 1 N–H and O–H groups in total. The predicted octanol–water partition coefficient (Wildman–Crippen LogP) is 2.36. The molecule has 3 nitrogen and oxygen atoms in total. The van der Waals surface area contributed by atoms with E-state index in [0.29, 0.717) is 25.0 Å². The van der Waals surface area contributed by atoms with Crippen molar-refractivity contribution in [1.82, 2.24) is 0 Å². The van der Waals surface area contributed by atoms with Crippen LogP contribution in [-0.2, 0) is 9.59 Å². The molecule has 3 heteroatoms. The van der Waals surface area contributed by atoms with Crippen LogP contribution >= 0.6 is 0 Å². The Balaban J connectivity index is 2.34.